The Morgan fingerprint density at radius 3 is 3.20 bits per heavy atom. The SMILES string of the molecule is O=C(c1sccc1C#CCO)N1CCN2CCCC2C1. The largest absolute Gasteiger partial charge is 0.384 e. The second-order valence-corrected chi connectivity index (χ2v) is 6.12. The molecule has 3 heterocycles. The van der Waals surface area contributed by atoms with Crippen LogP contribution in [0, 0.1) is 11.8 Å². The zero-order valence-electron chi connectivity index (χ0n) is 11.3. The van der Waals surface area contributed by atoms with E-state index in [1.807, 2.05) is 16.3 Å². The van der Waals surface area contributed by atoms with Crippen LogP contribution in [0.15, 0.2) is 11.4 Å². The predicted octanol–water partition coefficient (Wildman–Crippen LogP) is 1.01. The highest BCUT2D eigenvalue weighted by Crippen LogP contribution is 2.24. The summed E-state index contributed by atoms with van der Waals surface area (Å²) in [5, 5.41) is 10.7. The number of hydrogen-bond acceptors (Lipinski definition) is 4. The molecule has 0 saturated carbocycles. The Morgan fingerprint density at radius 2 is 2.35 bits per heavy atom. The van der Waals surface area contributed by atoms with Gasteiger partial charge >= 0.3 is 0 Å². The van der Waals surface area contributed by atoms with Gasteiger partial charge in [0, 0.05) is 31.2 Å². The number of piperazine rings is 1. The molecule has 1 N–H and O–H groups in total. The first kappa shape index (κ1) is 13.6. The first-order valence-corrected chi connectivity index (χ1v) is 7.88. The normalized spacial score (nSPS) is 22.2. The van der Waals surface area contributed by atoms with E-state index in [-0.39, 0.29) is 12.5 Å². The summed E-state index contributed by atoms with van der Waals surface area (Å²) in [7, 11) is 0. The molecule has 4 nitrogen and oxygen atoms in total. The topological polar surface area (TPSA) is 43.8 Å². The summed E-state index contributed by atoms with van der Waals surface area (Å²) in [6, 6.07) is 2.39. The van der Waals surface area contributed by atoms with Gasteiger partial charge in [-0.15, -0.1) is 11.3 Å². The van der Waals surface area contributed by atoms with Crippen molar-refractivity contribution in [3.63, 3.8) is 0 Å². The molecule has 2 fully saturated rings. The molecule has 2 saturated heterocycles. The van der Waals surface area contributed by atoms with Gasteiger partial charge in [0.1, 0.15) is 11.5 Å². The van der Waals surface area contributed by atoms with Crippen molar-refractivity contribution < 1.29 is 9.90 Å². The van der Waals surface area contributed by atoms with Crippen molar-refractivity contribution in [2.75, 3.05) is 32.8 Å². The molecule has 3 rings (SSSR count). The number of fused-ring (bicyclic) bond motifs is 1. The molecule has 0 radical (unpaired) electrons. The van der Waals surface area contributed by atoms with Crippen molar-refractivity contribution in [3.8, 4) is 11.8 Å². The third-order valence-corrected chi connectivity index (χ3v) is 4.94. The molecule has 20 heavy (non-hydrogen) atoms. The molecule has 1 aromatic rings. The van der Waals surface area contributed by atoms with Gasteiger partial charge in [-0.2, -0.15) is 0 Å². The summed E-state index contributed by atoms with van der Waals surface area (Å²) in [5.74, 6) is 5.57. The molecule has 0 aromatic carbocycles. The highest BCUT2D eigenvalue weighted by Gasteiger charge is 2.33. The fourth-order valence-electron chi connectivity index (χ4n) is 3.03. The highest BCUT2D eigenvalue weighted by atomic mass is 32.1. The smallest absolute Gasteiger partial charge is 0.265 e. The molecule has 0 spiro atoms. The second-order valence-electron chi connectivity index (χ2n) is 5.21. The molecular formula is C15H18N2O2S. The molecule has 1 aromatic heterocycles. The molecule has 106 valence electrons. The van der Waals surface area contributed by atoms with Crippen molar-refractivity contribution >= 4 is 17.2 Å². The monoisotopic (exact) mass is 290 g/mol. The Kier molecular flexibility index (Phi) is 4.06. The van der Waals surface area contributed by atoms with E-state index >= 15 is 0 Å². The van der Waals surface area contributed by atoms with Crippen molar-refractivity contribution in [1.82, 2.24) is 9.80 Å². The minimum absolute atomic E-state index is 0.0915. The fourth-order valence-corrected chi connectivity index (χ4v) is 3.84. The molecule has 1 amide bonds. The van der Waals surface area contributed by atoms with E-state index in [0.717, 1.165) is 25.2 Å². The van der Waals surface area contributed by atoms with Crippen LogP contribution in [0.25, 0.3) is 0 Å². The maximum Gasteiger partial charge on any atom is 0.265 e. The quantitative estimate of drug-likeness (QED) is 0.785. The zero-order valence-corrected chi connectivity index (χ0v) is 12.2. The van der Waals surface area contributed by atoms with Crippen LogP contribution in [0.1, 0.15) is 28.1 Å². The summed E-state index contributed by atoms with van der Waals surface area (Å²) in [5.41, 5.74) is 0.739. The van der Waals surface area contributed by atoms with Crippen LogP contribution in [-0.2, 0) is 0 Å². The zero-order chi connectivity index (χ0) is 13.9. The average molecular weight is 290 g/mol. The number of nitrogens with zero attached hydrogens (tertiary/aromatic N) is 2. The van der Waals surface area contributed by atoms with E-state index in [0.29, 0.717) is 10.9 Å². The minimum atomic E-state index is -0.176. The standard InChI is InChI=1S/C15H18N2O2S/c18-9-2-3-12-5-10-20-14(12)15(19)17-8-7-16-6-1-4-13(16)11-17/h5,10,13,18H,1,4,6-9,11H2. The van der Waals surface area contributed by atoms with Gasteiger partial charge in [0.25, 0.3) is 5.91 Å². The summed E-state index contributed by atoms with van der Waals surface area (Å²) >= 11 is 1.44. The molecular weight excluding hydrogens is 272 g/mol. The number of amides is 1. The lowest BCUT2D eigenvalue weighted by molar-refractivity contribution is 0.0576. The molecule has 1 unspecified atom stereocenters. The van der Waals surface area contributed by atoms with Crippen molar-refractivity contribution in [2.45, 2.75) is 18.9 Å². The molecule has 0 bridgehead atoms. The van der Waals surface area contributed by atoms with Crippen LogP contribution >= 0.6 is 11.3 Å². The van der Waals surface area contributed by atoms with E-state index in [1.54, 1.807) is 0 Å². The van der Waals surface area contributed by atoms with E-state index in [1.165, 1.54) is 30.7 Å². The Morgan fingerprint density at radius 1 is 1.45 bits per heavy atom. The van der Waals surface area contributed by atoms with Crippen LogP contribution in [0.3, 0.4) is 0 Å². The van der Waals surface area contributed by atoms with Gasteiger partial charge in [-0.25, -0.2) is 0 Å². The van der Waals surface area contributed by atoms with E-state index in [2.05, 4.69) is 16.7 Å². The van der Waals surface area contributed by atoms with Gasteiger partial charge in [0.05, 0.1) is 0 Å². The highest BCUT2D eigenvalue weighted by molar-refractivity contribution is 7.12. The van der Waals surface area contributed by atoms with E-state index in [4.69, 9.17) is 5.11 Å². The Hall–Kier alpha value is -1.35. The third kappa shape index (κ3) is 2.59. The van der Waals surface area contributed by atoms with Gasteiger partial charge in [0.15, 0.2) is 0 Å². The summed E-state index contributed by atoms with van der Waals surface area (Å²) in [6.07, 6.45) is 2.45. The van der Waals surface area contributed by atoms with Gasteiger partial charge in [-0.05, 0) is 30.8 Å². The number of hydrogen-bond donors (Lipinski definition) is 1. The molecule has 5 heteroatoms. The first-order valence-electron chi connectivity index (χ1n) is 7.00. The van der Waals surface area contributed by atoms with E-state index < -0.39 is 0 Å². The lowest BCUT2D eigenvalue weighted by Crippen LogP contribution is -2.52. The maximum absolute atomic E-state index is 12.6. The maximum atomic E-state index is 12.6. The Balaban J connectivity index is 1.74. The number of aliphatic hydroxyl groups is 1. The number of aliphatic hydroxyl groups excluding tert-OH is 1. The third-order valence-electron chi connectivity index (χ3n) is 4.04. The average Bonchev–Trinajstić information content (AvgIpc) is 3.12. The lowest BCUT2D eigenvalue weighted by Gasteiger charge is -2.37. The van der Waals surface area contributed by atoms with Crippen LogP contribution < -0.4 is 0 Å². The van der Waals surface area contributed by atoms with Crippen molar-refractivity contribution in [1.29, 1.82) is 0 Å². The number of rotatable bonds is 1. The lowest BCUT2D eigenvalue weighted by atomic mass is 10.1. The van der Waals surface area contributed by atoms with Gasteiger partial charge in [-0.3, -0.25) is 9.69 Å². The number of carbonyl (C=O) groups excluding carboxylic acids is 1. The van der Waals surface area contributed by atoms with Crippen LogP contribution in [0.4, 0.5) is 0 Å². The van der Waals surface area contributed by atoms with E-state index in [9.17, 15) is 4.79 Å². The Labute approximate surface area is 123 Å². The summed E-state index contributed by atoms with van der Waals surface area (Å²) in [4.78, 5) is 17.8. The summed E-state index contributed by atoms with van der Waals surface area (Å²) < 4.78 is 0. The predicted molar refractivity (Wildman–Crippen MR) is 78.8 cm³/mol. The van der Waals surface area contributed by atoms with Gasteiger partial charge in [0.2, 0.25) is 0 Å². The van der Waals surface area contributed by atoms with Crippen molar-refractivity contribution in [2.24, 2.45) is 0 Å². The first-order chi connectivity index (χ1) is 9.79. The number of carbonyl (C=O) groups is 1. The fraction of sp³-hybridized carbons (Fsp3) is 0.533. The van der Waals surface area contributed by atoms with Gasteiger partial charge < -0.3 is 10.0 Å². The van der Waals surface area contributed by atoms with Crippen molar-refractivity contribution in [3.05, 3.63) is 21.9 Å². The molecule has 2 aliphatic heterocycles. The number of thiophene rings is 1. The second kappa shape index (κ2) is 5.96. The molecule has 2 aliphatic rings. The minimum Gasteiger partial charge on any atom is -0.384 e. The van der Waals surface area contributed by atoms with Gasteiger partial charge in [-0.1, -0.05) is 11.8 Å². The van der Waals surface area contributed by atoms with Crippen LogP contribution in [-0.4, -0.2) is 59.6 Å². The summed E-state index contributed by atoms with van der Waals surface area (Å²) in [6.45, 7) is 3.63. The molecule has 0 aliphatic carbocycles. The van der Waals surface area contributed by atoms with Crippen LogP contribution in [0.2, 0.25) is 0 Å². The molecule has 1 atom stereocenters. The Bertz CT molecular complexity index is 558. The van der Waals surface area contributed by atoms with Crippen LogP contribution in [0.5, 0.6) is 0 Å².